The second kappa shape index (κ2) is 12.6. The summed E-state index contributed by atoms with van der Waals surface area (Å²) < 4.78 is 1.13. The summed E-state index contributed by atoms with van der Waals surface area (Å²) in [6.45, 7) is 17.4. The van der Waals surface area contributed by atoms with Crippen molar-refractivity contribution in [3.05, 3.63) is 125 Å². The van der Waals surface area contributed by atoms with Crippen molar-refractivity contribution in [2.24, 2.45) is 4.99 Å². The van der Waals surface area contributed by atoms with Crippen LogP contribution in [0.4, 0.5) is 5.69 Å². The smallest absolute Gasteiger partial charge is 0.128 e. The number of fused-ring (bicyclic) bond motifs is 1. The van der Waals surface area contributed by atoms with Crippen LogP contribution in [-0.2, 0) is 10.8 Å². The molecule has 1 N–H and O–H groups in total. The minimum Gasteiger partial charge on any atom is -0.507 e. The molecule has 0 aliphatic carbocycles. The summed E-state index contributed by atoms with van der Waals surface area (Å²) >= 11 is 1.68. The van der Waals surface area contributed by atoms with Crippen molar-refractivity contribution >= 4 is 33.5 Å². The molecule has 5 aromatic carbocycles. The Morgan fingerprint density at radius 1 is 0.702 bits per heavy atom. The van der Waals surface area contributed by atoms with Crippen molar-refractivity contribution < 1.29 is 5.11 Å². The third kappa shape index (κ3) is 6.80. The van der Waals surface area contributed by atoms with Gasteiger partial charge in [-0.05, 0) is 68.8 Å². The first kappa shape index (κ1) is 32.4. The van der Waals surface area contributed by atoms with Crippen LogP contribution in [0.3, 0.4) is 0 Å². The molecule has 0 bridgehead atoms. The number of aromatic hydroxyl groups is 1. The lowest BCUT2D eigenvalue weighted by molar-refractivity contribution is 0.444. The number of hydrogen-bond donors (Lipinski definition) is 1. The van der Waals surface area contributed by atoms with E-state index in [9.17, 15) is 5.11 Å². The molecule has 6 rings (SSSR count). The second-order valence-corrected chi connectivity index (χ2v) is 15.8. The highest BCUT2D eigenvalue weighted by Crippen LogP contribution is 2.41. The zero-order chi connectivity index (χ0) is 33.5. The number of benzene rings is 5. The van der Waals surface area contributed by atoms with Gasteiger partial charge >= 0.3 is 0 Å². The Labute approximate surface area is 283 Å². The number of aliphatic imine (C=N–C) groups is 1. The first-order valence-electron chi connectivity index (χ1n) is 16.4. The highest BCUT2D eigenvalue weighted by molar-refractivity contribution is 7.21. The molecule has 0 aliphatic heterocycles. The van der Waals surface area contributed by atoms with E-state index in [0.717, 1.165) is 48.7 Å². The van der Waals surface area contributed by atoms with E-state index in [2.05, 4.69) is 140 Å². The molecule has 3 nitrogen and oxygen atoms in total. The van der Waals surface area contributed by atoms with Gasteiger partial charge in [0.15, 0.2) is 0 Å². The number of rotatable bonds is 6. The Balaban J connectivity index is 1.35. The molecule has 1 aromatic heterocycles. The number of para-hydroxylation sites is 2. The maximum Gasteiger partial charge on any atom is 0.128 e. The first-order valence-corrected chi connectivity index (χ1v) is 17.2. The van der Waals surface area contributed by atoms with Crippen molar-refractivity contribution in [2.75, 3.05) is 0 Å². The molecule has 0 saturated carbocycles. The highest BCUT2D eigenvalue weighted by Gasteiger charge is 2.24. The summed E-state index contributed by atoms with van der Waals surface area (Å²) in [5.74, 6) is 0.809. The molecule has 0 fully saturated rings. The lowest BCUT2D eigenvalue weighted by atomic mass is 9.79. The predicted octanol–water partition coefficient (Wildman–Crippen LogP) is 12.5. The van der Waals surface area contributed by atoms with E-state index >= 15 is 0 Å². The van der Waals surface area contributed by atoms with Gasteiger partial charge in [-0.2, -0.15) is 0 Å². The Morgan fingerprint density at radius 3 is 1.96 bits per heavy atom. The molecule has 0 amide bonds. The minimum atomic E-state index is -0.204. The van der Waals surface area contributed by atoms with E-state index in [1.807, 2.05) is 18.2 Å². The molecule has 0 radical (unpaired) electrons. The summed E-state index contributed by atoms with van der Waals surface area (Å²) in [6.07, 6.45) is 1.80. The van der Waals surface area contributed by atoms with E-state index in [-0.39, 0.29) is 16.6 Å². The maximum absolute atomic E-state index is 11.3. The fraction of sp³-hybridized carbons (Fsp3) is 0.256. The van der Waals surface area contributed by atoms with Gasteiger partial charge in [0.25, 0.3) is 0 Å². The van der Waals surface area contributed by atoms with Gasteiger partial charge in [-0.1, -0.05) is 134 Å². The SMILES string of the molecule is CC(C)c1ccc(-c2ccc(-c3cccc4sc(-c5ccccc5N=Cc5cc(C(C)(C)C)cc(C(C)(C)C)c5O)nc34)cc2)cc1. The summed E-state index contributed by atoms with van der Waals surface area (Å²) in [4.78, 5) is 10.1. The second-order valence-electron chi connectivity index (χ2n) is 14.8. The van der Waals surface area contributed by atoms with Crippen molar-refractivity contribution in [3.8, 4) is 38.6 Å². The summed E-state index contributed by atoms with van der Waals surface area (Å²) in [5.41, 5.74) is 11.4. The van der Waals surface area contributed by atoms with Gasteiger partial charge in [0.1, 0.15) is 10.8 Å². The molecular weight excluding hydrogens is 593 g/mol. The van der Waals surface area contributed by atoms with Crippen LogP contribution in [0.15, 0.2) is 108 Å². The summed E-state index contributed by atoms with van der Waals surface area (Å²) in [7, 11) is 0. The number of thiazole rings is 1. The minimum absolute atomic E-state index is 0.0632. The number of phenolic OH excluding ortho intramolecular Hbond substituents is 1. The van der Waals surface area contributed by atoms with Gasteiger partial charge in [0.05, 0.1) is 15.9 Å². The molecule has 47 heavy (non-hydrogen) atoms. The van der Waals surface area contributed by atoms with Crippen LogP contribution < -0.4 is 0 Å². The van der Waals surface area contributed by atoms with Crippen molar-refractivity contribution in [2.45, 2.75) is 72.1 Å². The van der Waals surface area contributed by atoms with Gasteiger partial charge in [-0.15, -0.1) is 11.3 Å². The van der Waals surface area contributed by atoms with Gasteiger partial charge in [0, 0.05) is 28.5 Å². The molecule has 1 heterocycles. The van der Waals surface area contributed by atoms with Crippen LogP contribution in [0.5, 0.6) is 5.75 Å². The van der Waals surface area contributed by atoms with E-state index in [0.29, 0.717) is 5.92 Å². The van der Waals surface area contributed by atoms with Crippen LogP contribution in [0.25, 0.3) is 43.0 Å². The van der Waals surface area contributed by atoms with Crippen LogP contribution >= 0.6 is 11.3 Å². The standard InChI is InChI=1S/C43H44N2OS/c1-27(2)28-16-18-29(19-17-28)30-20-22-31(23-21-30)34-13-11-15-38-39(34)45-41(47-38)35-12-9-10-14-37(35)44-26-32-24-33(42(3,4)5)25-36(40(32)46)43(6,7)8/h9-27,46H,1-8H3. The molecular formula is C43H44N2OS. The quantitative estimate of drug-likeness (QED) is 0.185. The molecule has 4 heteroatoms. The van der Waals surface area contributed by atoms with E-state index in [4.69, 9.17) is 9.98 Å². The van der Waals surface area contributed by atoms with E-state index in [1.54, 1.807) is 17.6 Å². The largest absolute Gasteiger partial charge is 0.507 e. The monoisotopic (exact) mass is 636 g/mol. The predicted molar refractivity (Wildman–Crippen MR) is 203 cm³/mol. The summed E-state index contributed by atoms with van der Waals surface area (Å²) in [5, 5.41) is 12.2. The number of nitrogens with zero attached hydrogens (tertiary/aromatic N) is 2. The lowest BCUT2D eigenvalue weighted by Gasteiger charge is -2.27. The first-order chi connectivity index (χ1) is 22.3. The van der Waals surface area contributed by atoms with Gasteiger partial charge < -0.3 is 5.11 Å². The van der Waals surface area contributed by atoms with E-state index < -0.39 is 0 Å². The Hall–Kier alpha value is -4.54. The van der Waals surface area contributed by atoms with Crippen molar-refractivity contribution in [1.82, 2.24) is 4.98 Å². The topological polar surface area (TPSA) is 45.5 Å². The summed E-state index contributed by atoms with van der Waals surface area (Å²) in [6, 6.07) is 36.4. The van der Waals surface area contributed by atoms with E-state index in [1.165, 1.54) is 22.3 Å². The lowest BCUT2D eigenvalue weighted by Crippen LogP contribution is -2.17. The van der Waals surface area contributed by atoms with Crippen LogP contribution in [0.1, 0.15) is 83.6 Å². The van der Waals surface area contributed by atoms with Crippen molar-refractivity contribution in [1.29, 1.82) is 0 Å². The average molecular weight is 637 g/mol. The molecule has 6 aromatic rings. The number of hydrogen-bond acceptors (Lipinski definition) is 4. The van der Waals surface area contributed by atoms with Gasteiger partial charge in [-0.3, -0.25) is 4.99 Å². The third-order valence-corrected chi connectivity index (χ3v) is 9.87. The fourth-order valence-corrected chi connectivity index (χ4v) is 6.89. The molecule has 0 spiro atoms. The number of phenols is 1. The highest BCUT2D eigenvalue weighted by atomic mass is 32.1. The van der Waals surface area contributed by atoms with Crippen LogP contribution in [-0.4, -0.2) is 16.3 Å². The zero-order valence-electron chi connectivity index (χ0n) is 28.7. The van der Waals surface area contributed by atoms with Crippen molar-refractivity contribution in [3.63, 3.8) is 0 Å². The zero-order valence-corrected chi connectivity index (χ0v) is 29.5. The Bertz CT molecular complexity index is 2070. The van der Waals surface area contributed by atoms with Gasteiger partial charge in [0.2, 0.25) is 0 Å². The fourth-order valence-electron chi connectivity index (χ4n) is 5.87. The average Bonchev–Trinajstić information content (AvgIpc) is 3.48. The maximum atomic E-state index is 11.3. The molecule has 0 saturated heterocycles. The molecule has 0 atom stereocenters. The van der Waals surface area contributed by atoms with Crippen LogP contribution in [0, 0.1) is 0 Å². The normalized spacial score (nSPS) is 12.4. The number of aromatic nitrogens is 1. The Morgan fingerprint density at radius 2 is 1.32 bits per heavy atom. The molecule has 238 valence electrons. The third-order valence-electron chi connectivity index (χ3n) is 8.82. The molecule has 0 unspecified atom stereocenters. The van der Waals surface area contributed by atoms with Gasteiger partial charge in [-0.25, -0.2) is 4.98 Å². The molecule has 0 aliphatic rings. The Kier molecular flexibility index (Phi) is 8.67. The van der Waals surface area contributed by atoms with Crippen LogP contribution in [0.2, 0.25) is 0 Å².